The lowest BCUT2D eigenvalue weighted by Gasteiger charge is -1.92. The summed E-state index contributed by atoms with van der Waals surface area (Å²) in [7, 11) is 1.58. The maximum absolute atomic E-state index is 11.3. The minimum Gasteiger partial charge on any atom is -0.285 e. The molecule has 0 fully saturated rings. The molecule has 0 unspecified atom stereocenters. The number of hydrogen-bond donors (Lipinski definition) is 2. The third-order valence-electron chi connectivity index (χ3n) is 1.28. The monoisotopic (exact) mass is 195 g/mol. The highest BCUT2D eigenvalue weighted by atomic mass is 16.2. The fourth-order valence-corrected chi connectivity index (χ4v) is 0.750. The first-order valence-corrected chi connectivity index (χ1v) is 3.54. The fourth-order valence-electron chi connectivity index (χ4n) is 0.750. The highest BCUT2D eigenvalue weighted by Gasteiger charge is 2.12. The van der Waals surface area contributed by atoms with Crippen LogP contribution >= 0.6 is 0 Å². The van der Waals surface area contributed by atoms with E-state index in [4.69, 9.17) is 0 Å². The summed E-state index contributed by atoms with van der Waals surface area (Å²) < 4.78 is 0. The smallest absolute Gasteiger partial charge is 0.285 e. The Labute approximate surface area is 76.7 Å². The van der Waals surface area contributed by atoms with Crippen molar-refractivity contribution in [3.8, 4) is 0 Å². The number of aryl methyl sites for hydroxylation is 1. The summed E-state index contributed by atoms with van der Waals surface area (Å²) >= 11 is 0. The third kappa shape index (κ3) is 1.53. The summed E-state index contributed by atoms with van der Waals surface area (Å²) in [6, 6.07) is 0. The summed E-state index contributed by atoms with van der Waals surface area (Å²) in [5.41, 5.74) is 0. The van der Waals surface area contributed by atoms with Gasteiger partial charge in [0.1, 0.15) is 0 Å². The lowest BCUT2D eigenvalue weighted by Crippen LogP contribution is -2.15. The van der Waals surface area contributed by atoms with E-state index >= 15 is 0 Å². The van der Waals surface area contributed by atoms with Crippen molar-refractivity contribution in [3.63, 3.8) is 0 Å². The molecule has 14 heavy (non-hydrogen) atoms. The molecule has 10 nitrogen and oxygen atoms in total. The average molecular weight is 195 g/mol. The van der Waals surface area contributed by atoms with E-state index in [0.29, 0.717) is 0 Å². The Morgan fingerprint density at radius 1 is 1.50 bits per heavy atom. The SMILES string of the molecule is Cn1nnc(NC(=O)c2nn[nH]n2)n1. The first-order valence-electron chi connectivity index (χ1n) is 3.54. The largest absolute Gasteiger partial charge is 0.299 e. The maximum atomic E-state index is 11.3. The Hall–Kier alpha value is -2.39. The molecule has 0 aliphatic rings. The zero-order valence-electron chi connectivity index (χ0n) is 7.04. The number of nitrogens with one attached hydrogen (secondary N) is 2. The van der Waals surface area contributed by atoms with Gasteiger partial charge < -0.3 is 0 Å². The van der Waals surface area contributed by atoms with Crippen LogP contribution in [0.4, 0.5) is 5.95 Å². The maximum Gasteiger partial charge on any atom is 0.299 e. The van der Waals surface area contributed by atoms with Gasteiger partial charge in [0.15, 0.2) is 0 Å². The van der Waals surface area contributed by atoms with E-state index < -0.39 is 5.91 Å². The standard InChI is InChI=1S/C4H5N9O/c1-13-9-4(8-12-13)5-3(14)2-6-10-11-7-2/h1H3,(H,5,9,14)(H,6,7,10,11). The molecule has 0 radical (unpaired) electrons. The van der Waals surface area contributed by atoms with E-state index in [1.165, 1.54) is 4.80 Å². The number of H-pyrrole nitrogens is 1. The third-order valence-corrected chi connectivity index (χ3v) is 1.28. The minimum atomic E-state index is -0.549. The molecule has 2 N–H and O–H groups in total. The molecule has 2 aromatic heterocycles. The van der Waals surface area contributed by atoms with E-state index in [1.807, 2.05) is 0 Å². The highest BCUT2D eigenvalue weighted by molar-refractivity contribution is 6.00. The lowest BCUT2D eigenvalue weighted by atomic mass is 10.6. The second kappa shape index (κ2) is 3.16. The molecule has 2 heterocycles. The zero-order valence-corrected chi connectivity index (χ0v) is 7.04. The van der Waals surface area contributed by atoms with Gasteiger partial charge in [0.05, 0.1) is 7.05 Å². The molecule has 0 saturated carbocycles. The van der Waals surface area contributed by atoms with E-state index in [9.17, 15) is 4.79 Å². The summed E-state index contributed by atoms with van der Waals surface area (Å²) in [5, 5.41) is 25.5. The Kier molecular flexibility index (Phi) is 1.86. The van der Waals surface area contributed by atoms with Crippen LogP contribution in [0.3, 0.4) is 0 Å². The first kappa shape index (κ1) is 8.22. The molecule has 0 saturated heterocycles. The second-order valence-electron chi connectivity index (χ2n) is 2.29. The predicted molar refractivity (Wildman–Crippen MR) is 40.9 cm³/mol. The molecular weight excluding hydrogens is 190 g/mol. The van der Waals surface area contributed by atoms with Crippen molar-refractivity contribution in [3.05, 3.63) is 5.82 Å². The summed E-state index contributed by atoms with van der Waals surface area (Å²) in [5.74, 6) is -0.550. The number of aromatic nitrogens is 8. The Morgan fingerprint density at radius 2 is 2.36 bits per heavy atom. The number of anilines is 1. The normalized spacial score (nSPS) is 10.1. The summed E-state index contributed by atoms with van der Waals surface area (Å²) in [6.45, 7) is 0. The molecule has 2 rings (SSSR count). The van der Waals surface area contributed by atoms with E-state index in [2.05, 4.69) is 41.4 Å². The summed E-state index contributed by atoms with van der Waals surface area (Å²) in [6.07, 6.45) is 0. The molecule has 0 spiro atoms. The van der Waals surface area contributed by atoms with Crippen LogP contribution in [-0.2, 0) is 7.05 Å². The van der Waals surface area contributed by atoms with Crippen molar-refractivity contribution in [1.82, 2.24) is 40.8 Å². The topological polar surface area (TPSA) is 127 Å². The molecule has 0 aliphatic carbocycles. The molecule has 1 amide bonds. The van der Waals surface area contributed by atoms with Crippen LogP contribution in [0, 0.1) is 0 Å². The first-order chi connectivity index (χ1) is 6.75. The number of carbonyl (C=O) groups is 1. The van der Waals surface area contributed by atoms with Crippen molar-refractivity contribution in [1.29, 1.82) is 0 Å². The number of hydrogen-bond acceptors (Lipinski definition) is 7. The van der Waals surface area contributed by atoms with Crippen LogP contribution in [0.2, 0.25) is 0 Å². The number of aromatic amines is 1. The molecule has 10 heteroatoms. The average Bonchev–Trinajstić information content (AvgIpc) is 2.75. The minimum absolute atomic E-state index is 0.0855. The van der Waals surface area contributed by atoms with Gasteiger partial charge in [-0.25, -0.2) is 0 Å². The number of carbonyl (C=O) groups excluding carboxylic acids is 1. The molecule has 0 aromatic carbocycles. The Bertz CT molecular complexity index is 429. The van der Waals surface area contributed by atoms with Gasteiger partial charge in [-0.2, -0.15) is 10.0 Å². The molecule has 72 valence electrons. The van der Waals surface area contributed by atoms with Crippen LogP contribution in [0.15, 0.2) is 0 Å². The predicted octanol–water partition coefficient (Wildman–Crippen LogP) is -2.02. The van der Waals surface area contributed by atoms with Gasteiger partial charge in [-0.05, 0) is 10.4 Å². The van der Waals surface area contributed by atoms with Crippen LogP contribution in [0.25, 0.3) is 0 Å². The highest BCUT2D eigenvalue weighted by Crippen LogP contribution is 1.94. The van der Waals surface area contributed by atoms with Gasteiger partial charge in [-0.15, -0.1) is 15.3 Å². The van der Waals surface area contributed by atoms with Gasteiger partial charge in [-0.1, -0.05) is 5.10 Å². The summed E-state index contributed by atoms with van der Waals surface area (Å²) in [4.78, 5) is 12.5. The Morgan fingerprint density at radius 3 is 2.93 bits per heavy atom. The van der Waals surface area contributed by atoms with Gasteiger partial charge in [0, 0.05) is 0 Å². The van der Waals surface area contributed by atoms with Gasteiger partial charge in [0.2, 0.25) is 0 Å². The van der Waals surface area contributed by atoms with Crippen molar-refractivity contribution in [2.75, 3.05) is 5.32 Å². The fraction of sp³-hybridized carbons (Fsp3) is 0.250. The van der Waals surface area contributed by atoms with Gasteiger partial charge >= 0.3 is 0 Å². The van der Waals surface area contributed by atoms with E-state index in [1.54, 1.807) is 7.05 Å². The van der Waals surface area contributed by atoms with Gasteiger partial charge in [0.25, 0.3) is 17.7 Å². The molecule has 0 atom stereocenters. The van der Waals surface area contributed by atoms with E-state index in [0.717, 1.165) is 0 Å². The number of nitrogens with zero attached hydrogens (tertiary/aromatic N) is 7. The number of tetrazole rings is 2. The van der Waals surface area contributed by atoms with Crippen LogP contribution in [0.1, 0.15) is 10.6 Å². The quantitative estimate of drug-likeness (QED) is 0.565. The number of rotatable bonds is 2. The van der Waals surface area contributed by atoms with Crippen molar-refractivity contribution in [2.45, 2.75) is 0 Å². The van der Waals surface area contributed by atoms with Crippen molar-refractivity contribution >= 4 is 11.9 Å². The van der Waals surface area contributed by atoms with E-state index in [-0.39, 0.29) is 11.8 Å². The van der Waals surface area contributed by atoms with Crippen molar-refractivity contribution in [2.24, 2.45) is 7.05 Å². The zero-order chi connectivity index (χ0) is 9.97. The molecule has 0 bridgehead atoms. The van der Waals surface area contributed by atoms with Crippen LogP contribution < -0.4 is 5.32 Å². The van der Waals surface area contributed by atoms with Gasteiger partial charge in [-0.3, -0.25) is 10.1 Å². The van der Waals surface area contributed by atoms with Crippen LogP contribution in [-0.4, -0.2) is 46.7 Å². The Balaban J connectivity index is 2.09. The molecule has 0 aliphatic heterocycles. The second-order valence-corrected chi connectivity index (χ2v) is 2.29. The number of amides is 1. The van der Waals surface area contributed by atoms with Crippen LogP contribution in [0.5, 0.6) is 0 Å². The lowest BCUT2D eigenvalue weighted by molar-refractivity contribution is 0.101. The van der Waals surface area contributed by atoms with Crippen molar-refractivity contribution < 1.29 is 4.79 Å². The molecular formula is C4H5N9O. The molecule has 2 aromatic rings.